The van der Waals surface area contributed by atoms with E-state index in [1.165, 1.54) is 0 Å². The van der Waals surface area contributed by atoms with Crippen LogP contribution >= 0.6 is 0 Å². The molecule has 49 heavy (non-hydrogen) atoms. The average Bonchev–Trinajstić information content (AvgIpc) is 3.71. The highest BCUT2D eigenvalue weighted by atomic mass is 16.5. The number of aryl methyl sites for hydroxylation is 2. The number of aromatic nitrogens is 5. The maximum absolute atomic E-state index is 6.67. The molecule has 10 rings (SSSR count). The van der Waals surface area contributed by atoms with E-state index in [0.29, 0.717) is 0 Å². The largest absolute Gasteiger partial charge is 0.457 e. The second kappa shape index (κ2) is 10.5. The Kier molecular flexibility index (Phi) is 5.90. The van der Waals surface area contributed by atoms with Gasteiger partial charge in [-0.15, -0.1) is 0 Å². The lowest BCUT2D eigenvalue weighted by Gasteiger charge is -2.13. The zero-order chi connectivity index (χ0) is 32.6. The van der Waals surface area contributed by atoms with Crippen LogP contribution in [0.25, 0.3) is 77.3 Å². The van der Waals surface area contributed by atoms with Gasteiger partial charge < -0.3 is 4.74 Å². The highest BCUT2D eigenvalue weighted by Gasteiger charge is 2.21. The van der Waals surface area contributed by atoms with Crippen LogP contribution in [0.4, 0.5) is 0 Å². The second-order valence-electron chi connectivity index (χ2n) is 12.6. The molecule has 0 saturated carbocycles. The zero-order valence-corrected chi connectivity index (χ0v) is 26.9. The first-order valence-electron chi connectivity index (χ1n) is 16.5. The first kappa shape index (κ1) is 27.6. The number of hydrogen-bond acceptors (Lipinski definition) is 4. The van der Waals surface area contributed by atoms with Gasteiger partial charge in [0.05, 0.1) is 22.6 Å². The minimum absolute atomic E-state index is 0.740. The Labute approximate surface area is 281 Å². The summed E-state index contributed by atoms with van der Waals surface area (Å²) in [6, 6.07) is 46.3. The topological polar surface area (TPSA) is 56.7 Å². The monoisotopic (exact) mass is 631 g/mol. The summed E-state index contributed by atoms with van der Waals surface area (Å²) in [7, 11) is 0. The van der Waals surface area contributed by atoms with Crippen molar-refractivity contribution in [1.29, 1.82) is 0 Å². The number of pyridine rings is 3. The van der Waals surface area contributed by atoms with Crippen LogP contribution in [0.5, 0.6) is 11.5 Å². The van der Waals surface area contributed by atoms with E-state index in [2.05, 4.69) is 131 Å². The molecule has 0 aliphatic heterocycles. The van der Waals surface area contributed by atoms with Crippen LogP contribution in [0.1, 0.15) is 11.4 Å². The fourth-order valence-electron chi connectivity index (χ4n) is 7.38. The molecule has 0 aliphatic carbocycles. The van der Waals surface area contributed by atoms with Gasteiger partial charge in [0, 0.05) is 44.6 Å². The minimum Gasteiger partial charge on any atom is -0.457 e. The molecule has 0 saturated heterocycles. The van der Waals surface area contributed by atoms with E-state index in [1.54, 1.807) is 0 Å². The van der Waals surface area contributed by atoms with Gasteiger partial charge in [0.2, 0.25) is 0 Å². The standard InChI is InChI=1S/C43H29N5O/c1-26-27(2)47-41-35(17-11-23-44-41)33-22-20-31(25-37(33)42(47)45-26)49-30-19-21-32-34-16-9-10-18-38(34)48-40(29-14-7-4-8-15-29)39(28-12-5-3-6-13-28)46-43(48)36(32)24-30/h3-25H,1-2H3. The summed E-state index contributed by atoms with van der Waals surface area (Å²) < 4.78 is 11.1. The Balaban J connectivity index is 1.21. The third-order valence-corrected chi connectivity index (χ3v) is 9.74. The van der Waals surface area contributed by atoms with Crippen molar-refractivity contribution in [2.24, 2.45) is 0 Å². The predicted octanol–water partition coefficient (Wildman–Crippen LogP) is 10.7. The Hall–Kier alpha value is -6.53. The highest BCUT2D eigenvalue weighted by Crippen LogP contribution is 2.41. The molecule has 0 aliphatic rings. The van der Waals surface area contributed by atoms with Crippen molar-refractivity contribution in [3.05, 3.63) is 151 Å². The van der Waals surface area contributed by atoms with Crippen LogP contribution in [0.2, 0.25) is 0 Å². The molecule has 0 N–H and O–H groups in total. The van der Waals surface area contributed by atoms with E-state index in [0.717, 1.165) is 100 Å². The van der Waals surface area contributed by atoms with Crippen LogP contribution < -0.4 is 4.74 Å². The first-order chi connectivity index (χ1) is 24.1. The lowest BCUT2D eigenvalue weighted by atomic mass is 10.0. The molecule has 10 aromatic rings. The van der Waals surface area contributed by atoms with Crippen molar-refractivity contribution in [3.8, 4) is 34.0 Å². The maximum atomic E-state index is 6.67. The van der Waals surface area contributed by atoms with E-state index in [4.69, 9.17) is 19.7 Å². The van der Waals surface area contributed by atoms with Gasteiger partial charge in [-0.2, -0.15) is 0 Å². The molecular formula is C43H29N5O. The lowest BCUT2D eigenvalue weighted by molar-refractivity contribution is 0.484. The van der Waals surface area contributed by atoms with Gasteiger partial charge in [-0.25, -0.2) is 15.0 Å². The smallest absolute Gasteiger partial charge is 0.146 e. The van der Waals surface area contributed by atoms with Crippen LogP contribution in [0, 0.1) is 13.8 Å². The summed E-state index contributed by atoms with van der Waals surface area (Å²) in [5.41, 5.74) is 10.1. The van der Waals surface area contributed by atoms with Crippen LogP contribution in [-0.2, 0) is 0 Å². The number of rotatable bonds is 4. The molecule has 6 nitrogen and oxygen atoms in total. The molecule has 0 spiro atoms. The molecule has 0 radical (unpaired) electrons. The summed E-state index contributed by atoms with van der Waals surface area (Å²) in [4.78, 5) is 15.1. The summed E-state index contributed by atoms with van der Waals surface area (Å²) in [5, 5.41) is 6.51. The van der Waals surface area contributed by atoms with E-state index in [-0.39, 0.29) is 0 Å². The van der Waals surface area contributed by atoms with Crippen molar-refractivity contribution in [3.63, 3.8) is 0 Å². The quantitative estimate of drug-likeness (QED) is 0.181. The molecule has 0 bridgehead atoms. The number of hydrogen-bond donors (Lipinski definition) is 0. The zero-order valence-electron chi connectivity index (χ0n) is 26.9. The Morgan fingerprint density at radius 2 is 1.10 bits per heavy atom. The van der Waals surface area contributed by atoms with Crippen molar-refractivity contribution >= 4 is 54.8 Å². The highest BCUT2D eigenvalue weighted by molar-refractivity contribution is 6.14. The summed E-state index contributed by atoms with van der Waals surface area (Å²) in [5.74, 6) is 1.48. The Bertz CT molecular complexity index is 2920. The summed E-state index contributed by atoms with van der Waals surface area (Å²) in [6.07, 6.45) is 1.84. The normalized spacial score (nSPS) is 11.9. The molecule has 5 aromatic heterocycles. The van der Waals surface area contributed by atoms with Gasteiger partial charge in [-0.1, -0.05) is 78.9 Å². The van der Waals surface area contributed by atoms with Crippen molar-refractivity contribution in [1.82, 2.24) is 23.8 Å². The molecule has 0 amide bonds. The van der Waals surface area contributed by atoms with Gasteiger partial charge in [0.25, 0.3) is 0 Å². The fraction of sp³-hybridized carbons (Fsp3) is 0.0465. The van der Waals surface area contributed by atoms with Crippen molar-refractivity contribution < 1.29 is 4.74 Å². The van der Waals surface area contributed by atoms with E-state index < -0.39 is 0 Å². The van der Waals surface area contributed by atoms with Crippen LogP contribution in [-0.4, -0.2) is 23.8 Å². The molecule has 0 atom stereocenters. The van der Waals surface area contributed by atoms with Gasteiger partial charge in [0.15, 0.2) is 0 Å². The molecule has 0 unspecified atom stereocenters. The number of imidazole rings is 2. The van der Waals surface area contributed by atoms with Gasteiger partial charge >= 0.3 is 0 Å². The van der Waals surface area contributed by atoms with Crippen LogP contribution in [0.15, 0.2) is 140 Å². The number of fused-ring (bicyclic) bond motifs is 12. The second-order valence-corrected chi connectivity index (χ2v) is 12.6. The Morgan fingerprint density at radius 1 is 0.490 bits per heavy atom. The third kappa shape index (κ3) is 4.10. The number of nitrogens with zero attached hydrogens (tertiary/aromatic N) is 5. The number of ether oxygens (including phenoxy) is 1. The SMILES string of the molecule is Cc1nc2c3cc(Oc4ccc5c6ccccc6n6c(-c7ccccc7)c(-c7ccccc7)nc6c5c4)ccc3c3cccnc3n2c1C. The fourth-order valence-corrected chi connectivity index (χ4v) is 7.38. The molecule has 232 valence electrons. The van der Waals surface area contributed by atoms with E-state index in [9.17, 15) is 0 Å². The molecule has 5 heterocycles. The molecule has 6 heteroatoms. The summed E-state index contributed by atoms with van der Waals surface area (Å²) >= 11 is 0. The first-order valence-corrected chi connectivity index (χ1v) is 16.5. The minimum atomic E-state index is 0.740. The third-order valence-electron chi connectivity index (χ3n) is 9.74. The molecular weight excluding hydrogens is 603 g/mol. The number of benzene rings is 5. The summed E-state index contributed by atoms with van der Waals surface area (Å²) in [6.45, 7) is 4.14. The Morgan fingerprint density at radius 3 is 1.84 bits per heavy atom. The number of para-hydroxylation sites is 1. The maximum Gasteiger partial charge on any atom is 0.146 e. The van der Waals surface area contributed by atoms with E-state index in [1.807, 2.05) is 31.3 Å². The van der Waals surface area contributed by atoms with E-state index >= 15 is 0 Å². The van der Waals surface area contributed by atoms with Crippen LogP contribution in [0.3, 0.4) is 0 Å². The van der Waals surface area contributed by atoms with Gasteiger partial charge in [-0.05, 0) is 79.2 Å². The molecule has 0 fully saturated rings. The molecule has 5 aromatic carbocycles. The van der Waals surface area contributed by atoms with Crippen molar-refractivity contribution in [2.75, 3.05) is 0 Å². The lowest BCUT2D eigenvalue weighted by Crippen LogP contribution is -1.96. The predicted molar refractivity (Wildman–Crippen MR) is 199 cm³/mol. The van der Waals surface area contributed by atoms with Gasteiger partial charge in [0.1, 0.15) is 28.4 Å². The van der Waals surface area contributed by atoms with Gasteiger partial charge in [-0.3, -0.25) is 8.80 Å². The van der Waals surface area contributed by atoms with Crippen molar-refractivity contribution in [2.45, 2.75) is 13.8 Å². The average molecular weight is 632 g/mol.